The number of benzene rings is 1. The second-order valence-electron chi connectivity index (χ2n) is 6.45. The summed E-state index contributed by atoms with van der Waals surface area (Å²) in [5, 5.41) is 0. The zero-order chi connectivity index (χ0) is 15.6. The smallest absolute Gasteiger partial charge is 0.410 e. The van der Waals surface area contributed by atoms with Crippen LogP contribution in [-0.2, 0) is 4.74 Å². The van der Waals surface area contributed by atoms with E-state index in [1.165, 1.54) is 5.69 Å². The average molecular weight is 355 g/mol. The highest BCUT2D eigenvalue weighted by Crippen LogP contribution is 2.22. The Labute approximate surface area is 135 Å². The van der Waals surface area contributed by atoms with Crippen molar-refractivity contribution in [1.29, 1.82) is 0 Å². The third kappa shape index (κ3) is 4.37. The number of rotatable bonds is 1. The minimum absolute atomic E-state index is 0.136. The van der Waals surface area contributed by atoms with E-state index in [1.54, 1.807) is 0 Å². The fourth-order valence-corrected chi connectivity index (χ4v) is 2.70. The molecule has 1 aliphatic rings. The molecule has 116 valence electrons. The van der Waals surface area contributed by atoms with Crippen LogP contribution >= 0.6 is 15.9 Å². The van der Waals surface area contributed by atoms with Crippen molar-refractivity contribution in [3.63, 3.8) is 0 Å². The number of amides is 1. The molecule has 1 amide bonds. The first kappa shape index (κ1) is 16.1. The molecule has 0 spiro atoms. The number of halogens is 1. The van der Waals surface area contributed by atoms with E-state index in [4.69, 9.17) is 4.74 Å². The van der Waals surface area contributed by atoms with E-state index < -0.39 is 5.60 Å². The van der Waals surface area contributed by atoms with Crippen LogP contribution in [0, 0.1) is 0 Å². The number of piperazine rings is 1. The molecular formula is C16H23BrN2O2. The number of carbonyl (C=O) groups excluding carboxylic acids is 1. The second kappa shape index (κ2) is 6.26. The summed E-state index contributed by atoms with van der Waals surface area (Å²) in [4.78, 5) is 16.3. The lowest BCUT2D eigenvalue weighted by molar-refractivity contribution is 0.0159. The quantitative estimate of drug-likeness (QED) is 0.766. The molecule has 0 saturated carbocycles. The van der Waals surface area contributed by atoms with Crippen molar-refractivity contribution in [2.75, 3.05) is 24.5 Å². The molecule has 21 heavy (non-hydrogen) atoms. The first-order chi connectivity index (χ1) is 9.76. The summed E-state index contributed by atoms with van der Waals surface area (Å²) in [7, 11) is 0. The minimum atomic E-state index is -0.445. The summed E-state index contributed by atoms with van der Waals surface area (Å²) in [5.74, 6) is 0. The van der Waals surface area contributed by atoms with Crippen LogP contribution in [0.2, 0.25) is 0 Å². The van der Waals surface area contributed by atoms with Gasteiger partial charge in [0.05, 0.1) is 0 Å². The van der Waals surface area contributed by atoms with Crippen LogP contribution < -0.4 is 4.90 Å². The largest absolute Gasteiger partial charge is 0.444 e. The first-order valence-corrected chi connectivity index (χ1v) is 8.06. The number of carbonyl (C=O) groups is 1. The van der Waals surface area contributed by atoms with Crippen LogP contribution in [0.1, 0.15) is 27.7 Å². The highest BCUT2D eigenvalue weighted by atomic mass is 79.9. The maximum atomic E-state index is 12.2. The van der Waals surface area contributed by atoms with Crippen molar-refractivity contribution in [1.82, 2.24) is 4.90 Å². The number of anilines is 1. The summed E-state index contributed by atoms with van der Waals surface area (Å²) in [6.45, 7) is 10.1. The van der Waals surface area contributed by atoms with Crippen LogP contribution in [0.25, 0.3) is 0 Å². The maximum Gasteiger partial charge on any atom is 0.410 e. The van der Waals surface area contributed by atoms with Gasteiger partial charge in [-0.25, -0.2) is 4.79 Å². The predicted octanol–water partition coefficient (Wildman–Crippen LogP) is 3.89. The maximum absolute atomic E-state index is 12.2. The van der Waals surface area contributed by atoms with E-state index in [0.717, 1.165) is 17.6 Å². The third-order valence-corrected chi connectivity index (χ3v) is 3.98. The summed E-state index contributed by atoms with van der Waals surface area (Å²) in [6, 6.07) is 8.41. The SMILES string of the molecule is CC1CN(c2ccc(Br)cc2)CCN1C(=O)OC(C)(C)C. The molecule has 0 aromatic heterocycles. The monoisotopic (exact) mass is 354 g/mol. The molecule has 1 aromatic carbocycles. The summed E-state index contributed by atoms with van der Waals surface area (Å²) >= 11 is 3.45. The molecule has 1 saturated heterocycles. The first-order valence-electron chi connectivity index (χ1n) is 7.26. The Morgan fingerprint density at radius 3 is 2.38 bits per heavy atom. The molecule has 0 radical (unpaired) electrons. The average Bonchev–Trinajstić information content (AvgIpc) is 2.37. The van der Waals surface area contributed by atoms with E-state index in [1.807, 2.05) is 37.8 Å². The minimum Gasteiger partial charge on any atom is -0.444 e. The standard InChI is InChI=1S/C16H23BrN2O2/c1-12-11-18(14-7-5-13(17)6-8-14)9-10-19(12)15(20)21-16(2,3)4/h5-8,12H,9-11H2,1-4H3. The molecule has 5 heteroatoms. The lowest BCUT2D eigenvalue weighted by Gasteiger charge is -2.41. The molecule has 1 aromatic rings. The van der Waals surface area contributed by atoms with Crippen LogP contribution in [0.4, 0.5) is 10.5 Å². The third-order valence-electron chi connectivity index (χ3n) is 3.45. The van der Waals surface area contributed by atoms with E-state index in [-0.39, 0.29) is 12.1 Å². The Balaban J connectivity index is 1.99. The fraction of sp³-hybridized carbons (Fsp3) is 0.562. The predicted molar refractivity (Wildman–Crippen MR) is 88.8 cm³/mol. The van der Waals surface area contributed by atoms with Crippen molar-refractivity contribution in [3.05, 3.63) is 28.7 Å². The van der Waals surface area contributed by atoms with Crippen molar-refractivity contribution in [2.45, 2.75) is 39.3 Å². The molecule has 1 fully saturated rings. The van der Waals surface area contributed by atoms with Gasteiger partial charge in [-0.05, 0) is 52.0 Å². The molecule has 0 aliphatic carbocycles. The lowest BCUT2D eigenvalue weighted by atomic mass is 10.1. The van der Waals surface area contributed by atoms with Gasteiger partial charge in [-0.1, -0.05) is 15.9 Å². The zero-order valence-corrected chi connectivity index (χ0v) is 14.7. The number of ether oxygens (including phenoxy) is 1. The van der Waals surface area contributed by atoms with Crippen molar-refractivity contribution >= 4 is 27.7 Å². The number of nitrogens with zero attached hydrogens (tertiary/aromatic N) is 2. The fourth-order valence-electron chi connectivity index (χ4n) is 2.44. The normalized spacial score (nSPS) is 19.6. The number of hydrogen-bond donors (Lipinski definition) is 0. The summed E-state index contributed by atoms with van der Waals surface area (Å²) in [5.41, 5.74) is 0.744. The van der Waals surface area contributed by atoms with Gasteiger partial charge >= 0.3 is 6.09 Å². The van der Waals surface area contributed by atoms with E-state index in [9.17, 15) is 4.79 Å². The van der Waals surface area contributed by atoms with Gasteiger partial charge in [-0.3, -0.25) is 0 Å². The number of hydrogen-bond acceptors (Lipinski definition) is 3. The van der Waals surface area contributed by atoms with Crippen LogP contribution in [0.5, 0.6) is 0 Å². The Morgan fingerprint density at radius 2 is 1.86 bits per heavy atom. The van der Waals surface area contributed by atoms with Crippen molar-refractivity contribution < 1.29 is 9.53 Å². The second-order valence-corrected chi connectivity index (χ2v) is 7.36. The van der Waals surface area contributed by atoms with Crippen molar-refractivity contribution in [2.24, 2.45) is 0 Å². The van der Waals surface area contributed by atoms with Gasteiger partial charge in [0.15, 0.2) is 0 Å². The van der Waals surface area contributed by atoms with Gasteiger partial charge in [-0.15, -0.1) is 0 Å². The molecule has 1 aliphatic heterocycles. The molecule has 0 N–H and O–H groups in total. The molecule has 0 bridgehead atoms. The zero-order valence-electron chi connectivity index (χ0n) is 13.1. The van der Waals surface area contributed by atoms with Gasteiger partial charge in [0.1, 0.15) is 5.60 Å². The Hall–Kier alpha value is -1.23. The Bertz CT molecular complexity index is 496. The molecule has 1 unspecified atom stereocenters. The molecular weight excluding hydrogens is 332 g/mol. The molecule has 2 rings (SSSR count). The van der Waals surface area contributed by atoms with E-state index in [0.29, 0.717) is 6.54 Å². The van der Waals surface area contributed by atoms with E-state index >= 15 is 0 Å². The van der Waals surface area contributed by atoms with Gasteiger partial charge in [0.25, 0.3) is 0 Å². The van der Waals surface area contributed by atoms with Gasteiger partial charge in [-0.2, -0.15) is 0 Å². The summed E-state index contributed by atoms with van der Waals surface area (Å²) in [6.07, 6.45) is -0.217. The van der Waals surface area contributed by atoms with Crippen LogP contribution in [0.3, 0.4) is 0 Å². The van der Waals surface area contributed by atoms with Gasteiger partial charge < -0.3 is 14.5 Å². The van der Waals surface area contributed by atoms with Crippen LogP contribution in [-0.4, -0.2) is 42.3 Å². The van der Waals surface area contributed by atoms with Gasteiger partial charge in [0, 0.05) is 35.8 Å². The Morgan fingerprint density at radius 1 is 1.24 bits per heavy atom. The summed E-state index contributed by atoms with van der Waals surface area (Å²) < 4.78 is 6.54. The highest BCUT2D eigenvalue weighted by Gasteiger charge is 2.30. The topological polar surface area (TPSA) is 32.8 Å². The Kier molecular flexibility index (Phi) is 4.81. The van der Waals surface area contributed by atoms with E-state index in [2.05, 4.69) is 39.9 Å². The van der Waals surface area contributed by atoms with Crippen molar-refractivity contribution in [3.8, 4) is 0 Å². The molecule has 1 atom stereocenters. The highest BCUT2D eigenvalue weighted by molar-refractivity contribution is 9.10. The molecule has 4 nitrogen and oxygen atoms in total. The van der Waals surface area contributed by atoms with Crippen LogP contribution in [0.15, 0.2) is 28.7 Å². The van der Waals surface area contributed by atoms with Gasteiger partial charge in [0.2, 0.25) is 0 Å². The lowest BCUT2D eigenvalue weighted by Crippen LogP contribution is -2.55. The molecule has 1 heterocycles.